The van der Waals surface area contributed by atoms with Gasteiger partial charge in [-0.1, -0.05) is 24.6 Å². The van der Waals surface area contributed by atoms with E-state index in [1.807, 2.05) is 38.1 Å². The molecule has 0 heterocycles. The number of Topliss-reactive ketones (excluding diaryl/α,β-unsaturated/α-hetero) is 1. The standard InChI is InChI=1S/C12H17NO2/c1-3-11(13)12(14)8-15-10-6-4-9(2)5-7-10/h4-7,11H,3,8,13H2,1-2H3. The van der Waals surface area contributed by atoms with E-state index < -0.39 is 6.04 Å². The molecule has 82 valence electrons. The molecule has 0 aliphatic heterocycles. The summed E-state index contributed by atoms with van der Waals surface area (Å²) < 4.78 is 5.32. The van der Waals surface area contributed by atoms with E-state index in [1.54, 1.807) is 0 Å². The van der Waals surface area contributed by atoms with Crippen LogP contribution in [0.4, 0.5) is 0 Å². The summed E-state index contributed by atoms with van der Waals surface area (Å²) in [6.07, 6.45) is 0.649. The molecule has 0 spiro atoms. The molecule has 0 radical (unpaired) electrons. The lowest BCUT2D eigenvalue weighted by atomic mass is 10.1. The molecule has 1 aromatic rings. The predicted molar refractivity (Wildman–Crippen MR) is 59.9 cm³/mol. The first-order valence-electron chi connectivity index (χ1n) is 5.11. The fourth-order valence-electron chi connectivity index (χ4n) is 1.12. The molecule has 3 nitrogen and oxygen atoms in total. The number of nitrogens with two attached hydrogens (primary N) is 1. The average Bonchev–Trinajstić information content (AvgIpc) is 2.26. The van der Waals surface area contributed by atoms with Crippen LogP contribution >= 0.6 is 0 Å². The summed E-state index contributed by atoms with van der Waals surface area (Å²) in [5, 5.41) is 0. The summed E-state index contributed by atoms with van der Waals surface area (Å²) in [4.78, 5) is 11.4. The van der Waals surface area contributed by atoms with Crippen molar-refractivity contribution in [2.75, 3.05) is 6.61 Å². The minimum Gasteiger partial charge on any atom is -0.486 e. The Balaban J connectivity index is 2.43. The van der Waals surface area contributed by atoms with Gasteiger partial charge in [0.2, 0.25) is 0 Å². The van der Waals surface area contributed by atoms with Crippen molar-refractivity contribution in [2.45, 2.75) is 26.3 Å². The van der Waals surface area contributed by atoms with Crippen molar-refractivity contribution >= 4 is 5.78 Å². The third-order valence-corrected chi connectivity index (χ3v) is 2.26. The second kappa shape index (κ2) is 5.51. The van der Waals surface area contributed by atoms with E-state index in [0.717, 1.165) is 0 Å². The molecule has 0 bridgehead atoms. The third kappa shape index (κ3) is 3.72. The van der Waals surface area contributed by atoms with Gasteiger partial charge in [-0.2, -0.15) is 0 Å². The molecular formula is C12H17NO2. The molecule has 0 fully saturated rings. The Kier molecular flexibility index (Phi) is 4.31. The molecule has 0 saturated heterocycles. The van der Waals surface area contributed by atoms with Crippen LogP contribution in [0.2, 0.25) is 0 Å². The largest absolute Gasteiger partial charge is 0.486 e. The van der Waals surface area contributed by atoms with Gasteiger partial charge >= 0.3 is 0 Å². The molecule has 1 unspecified atom stereocenters. The van der Waals surface area contributed by atoms with Crippen LogP contribution in [0.1, 0.15) is 18.9 Å². The Morgan fingerprint density at radius 1 is 1.40 bits per heavy atom. The lowest BCUT2D eigenvalue weighted by Crippen LogP contribution is -2.33. The molecule has 0 aromatic heterocycles. The number of rotatable bonds is 5. The Labute approximate surface area is 90.2 Å². The normalized spacial score (nSPS) is 12.2. The van der Waals surface area contributed by atoms with Crippen LogP contribution in [0, 0.1) is 6.92 Å². The molecule has 15 heavy (non-hydrogen) atoms. The molecule has 3 heteroatoms. The molecule has 1 aromatic carbocycles. The van der Waals surface area contributed by atoms with Gasteiger partial charge in [0.25, 0.3) is 0 Å². The maximum absolute atomic E-state index is 11.4. The monoisotopic (exact) mass is 207 g/mol. The van der Waals surface area contributed by atoms with Gasteiger partial charge in [-0.25, -0.2) is 0 Å². The van der Waals surface area contributed by atoms with Crippen molar-refractivity contribution in [1.29, 1.82) is 0 Å². The number of ether oxygens (including phenoxy) is 1. The van der Waals surface area contributed by atoms with Crippen LogP contribution in [0.15, 0.2) is 24.3 Å². The summed E-state index contributed by atoms with van der Waals surface area (Å²) in [5.74, 6) is 0.648. The first-order valence-corrected chi connectivity index (χ1v) is 5.11. The molecule has 1 atom stereocenters. The van der Waals surface area contributed by atoms with E-state index >= 15 is 0 Å². The molecule has 0 amide bonds. The molecular weight excluding hydrogens is 190 g/mol. The zero-order chi connectivity index (χ0) is 11.3. The Morgan fingerprint density at radius 2 is 2.00 bits per heavy atom. The molecule has 0 aliphatic carbocycles. The van der Waals surface area contributed by atoms with Crippen LogP contribution in [-0.4, -0.2) is 18.4 Å². The van der Waals surface area contributed by atoms with Crippen molar-refractivity contribution < 1.29 is 9.53 Å². The summed E-state index contributed by atoms with van der Waals surface area (Å²) in [5.41, 5.74) is 6.74. The first kappa shape index (κ1) is 11.7. The lowest BCUT2D eigenvalue weighted by molar-refractivity contribution is -0.122. The fraction of sp³-hybridized carbons (Fsp3) is 0.417. The quantitative estimate of drug-likeness (QED) is 0.799. The molecule has 1 rings (SSSR count). The Morgan fingerprint density at radius 3 is 2.53 bits per heavy atom. The van der Waals surface area contributed by atoms with Crippen LogP contribution in [-0.2, 0) is 4.79 Å². The van der Waals surface area contributed by atoms with E-state index in [2.05, 4.69) is 0 Å². The summed E-state index contributed by atoms with van der Waals surface area (Å²) in [7, 11) is 0. The average molecular weight is 207 g/mol. The van der Waals surface area contributed by atoms with Gasteiger partial charge in [-0.15, -0.1) is 0 Å². The smallest absolute Gasteiger partial charge is 0.186 e. The van der Waals surface area contributed by atoms with Crippen molar-refractivity contribution in [3.8, 4) is 5.75 Å². The predicted octanol–water partition coefficient (Wildman–Crippen LogP) is 1.68. The highest BCUT2D eigenvalue weighted by atomic mass is 16.5. The second-order valence-electron chi connectivity index (χ2n) is 3.58. The van der Waals surface area contributed by atoms with E-state index in [0.29, 0.717) is 12.2 Å². The van der Waals surface area contributed by atoms with Gasteiger partial charge in [-0.3, -0.25) is 4.79 Å². The first-order chi connectivity index (χ1) is 7.13. The number of benzene rings is 1. The number of ketones is 1. The van der Waals surface area contributed by atoms with Crippen LogP contribution in [0.3, 0.4) is 0 Å². The van der Waals surface area contributed by atoms with Gasteiger partial charge in [0.05, 0.1) is 6.04 Å². The maximum atomic E-state index is 11.4. The topological polar surface area (TPSA) is 52.3 Å². The highest BCUT2D eigenvalue weighted by Gasteiger charge is 2.11. The van der Waals surface area contributed by atoms with Gasteiger partial charge < -0.3 is 10.5 Å². The zero-order valence-corrected chi connectivity index (χ0v) is 9.19. The minimum absolute atomic E-state index is 0.0536. The van der Waals surface area contributed by atoms with E-state index in [-0.39, 0.29) is 12.4 Å². The molecule has 2 N–H and O–H groups in total. The van der Waals surface area contributed by atoms with Gasteiger partial charge in [-0.05, 0) is 25.5 Å². The maximum Gasteiger partial charge on any atom is 0.186 e. The van der Waals surface area contributed by atoms with E-state index in [9.17, 15) is 4.79 Å². The number of carbonyl (C=O) groups is 1. The van der Waals surface area contributed by atoms with E-state index in [4.69, 9.17) is 10.5 Å². The zero-order valence-electron chi connectivity index (χ0n) is 9.19. The van der Waals surface area contributed by atoms with Crippen molar-refractivity contribution in [3.63, 3.8) is 0 Å². The van der Waals surface area contributed by atoms with Crippen LogP contribution in [0.5, 0.6) is 5.75 Å². The Bertz CT molecular complexity index is 319. The molecule has 0 aliphatic rings. The highest BCUT2D eigenvalue weighted by Crippen LogP contribution is 2.11. The van der Waals surface area contributed by atoms with Crippen molar-refractivity contribution in [1.82, 2.24) is 0 Å². The summed E-state index contributed by atoms with van der Waals surface area (Å²) in [6, 6.07) is 7.18. The van der Waals surface area contributed by atoms with Gasteiger partial charge in [0, 0.05) is 0 Å². The lowest BCUT2D eigenvalue weighted by Gasteiger charge is -2.09. The Hall–Kier alpha value is -1.35. The van der Waals surface area contributed by atoms with Crippen LogP contribution < -0.4 is 10.5 Å². The number of hydrogen-bond acceptors (Lipinski definition) is 3. The van der Waals surface area contributed by atoms with Crippen molar-refractivity contribution in [3.05, 3.63) is 29.8 Å². The number of hydrogen-bond donors (Lipinski definition) is 1. The summed E-state index contributed by atoms with van der Waals surface area (Å²) in [6.45, 7) is 3.94. The SMILES string of the molecule is CCC(N)C(=O)COc1ccc(C)cc1. The fourth-order valence-corrected chi connectivity index (χ4v) is 1.12. The number of aryl methyl sites for hydroxylation is 1. The summed E-state index contributed by atoms with van der Waals surface area (Å²) >= 11 is 0. The number of carbonyl (C=O) groups excluding carboxylic acids is 1. The van der Waals surface area contributed by atoms with Crippen LogP contribution in [0.25, 0.3) is 0 Å². The third-order valence-electron chi connectivity index (χ3n) is 2.26. The van der Waals surface area contributed by atoms with Crippen molar-refractivity contribution in [2.24, 2.45) is 5.73 Å². The minimum atomic E-state index is -0.407. The molecule has 0 saturated carbocycles. The second-order valence-corrected chi connectivity index (χ2v) is 3.58. The van der Waals surface area contributed by atoms with Gasteiger partial charge in [0.15, 0.2) is 5.78 Å². The highest BCUT2D eigenvalue weighted by molar-refractivity contribution is 5.85. The van der Waals surface area contributed by atoms with Gasteiger partial charge in [0.1, 0.15) is 12.4 Å². The van der Waals surface area contributed by atoms with E-state index in [1.165, 1.54) is 5.56 Å².